The molecule has 0 bridgehead atoms. The summed E-state index contributed by atoms with van der Waals surface area (Å²) in [6, 6.07) is 10.6. The molecule has 2 nitrogen and oxygen atoms in total. The number of rotatable bonds is 3. The van der Waals surface area contributed by atoms with E-state index in [0.717, 1.165) is 26.1 Å². The summed E-state index contributed by atoms with van der Waals surface area (Å²) in [5.74, 6) is 0.505. The second-order valence-corrected chi connectivity index (χ2v) is 13.6. The minimum Gasteiger partial charge on any atom is -0.300 e. The quantitative estimate of drug-likeness (QED) is 0.774. The number of hydrogen-bond donors (Lipinski definition) is 0. The van der Waals surface area contributed by atoms with Crippen LogP contribution in [-0.4, -0.2) is 31.8 Å². The lowest BCUT2D eigenvalue weighted by Crippen LogP contribution is -2.52. The summed E-state index contributed by atoms with van der Waals surface area (Å²) in [5.41, 5.74) is 1.62. The maximum atomic E-state index is 12.5. The number of hydrogen-bond acceptors (Lipinski definition) is 2. The Morgan fingerprint density at radius 2 is 1.81 bits per heavy atom. The first-order valence-electron chi connectivity index (χ1n) is 8.01. The molecule has 1 aromatic rings. The molecule has 2 rings (SSSR count). The monoisotopic (exact) mass is 303 g/mol. The van der Waals surface area contributed by atoms with E-state index in [-0.39, 0.29) is 10.6 Å². The van der Waals surface area contributed by atoms with E-state index in [9.17, 15) is 4.79 Å². The molecule has 1 aliphatic rings. The molecule has 0 unspecified atom stereocenters. The van der Waals surface area contributed by atoms with Crippen LogP contribution in [0, 0.1) is 0 Å². The van der Waals surface area contributed by atoms with Crippen molar-refractivity contribution in [3.63, 3.8) is 0 Å². The molecule has 1 atom stereocenters. The van der Waals surface area contributed by atoms with Crippen molar-refractivity contribution in [2.75, 3.05) is 13.1 Å². The van der Waals surface area contributed by atoms with Gasteiger partial charge in [0.2, 0.25) is 0 Å². The Bertz CT molecular complexity index is 490. The Balaban J connectivity index is 2.11. The van der Waals surface area contributed by atoms with E-state index in [1.807, 2.05) is 0 Å². The van der Waals surface area contributed by atoms with Crippen LogP contribution < -0.4 is 0 Å². The molecule has 21 heavy (non-hydrogen) atoms. The van der Waals surface area contributed by atoms with Crippen molar-refractivity contribution in [2.45, 2.75) is 57.4 Å². The van der Waals surface area contributed by atoms with Crippen LogP contribution >= 0.6 is 0 Å². The Hall–Kier alpha value is -0.933. The molecule has 3 heteroatoms. The summed E-state index contributed by atoms with van der Waals surface area (Å²) in [6.07, 6.45) is 0.726. The van der Waals surface area contributed by atoms with Gasteiger partial charge in [-0.2, -0.15) is 0 Å². The molecule has 0 saturated carbocycles. The van der Waals surface area contributed by atoms with Gasteiger partial charge in [-0.25, -0.2) is 0 Å². The zero-order chi connectivity index (χ0) is 15.7. The van der Waals surface area contributed by atoms with Crippen molar-refractivity contribution < 1.29 is 4.79 Å². The summed E-state index contributed by atoms with van der Waals surface area (Å²) < 4.78 is 0. The number of benzene rings is 1. The average Bonchev–Trinajstić information content (AvgIpc) is 2.40. The Kier molecular flexibility index (Phi) is 4.74. The van der Waals surface area contributed by atoms with Crippen LogP contribution in [0.15, 0.2) is 30.3 Å². The average molecular weight is 304 g/mol. The number of nitrogens with zero attached hydrogens (tertiary/aromatic N) is 1. The van der Waals surface area contributed by atoms with E-state index >= 15 is 0 Å². The number of piperidine rings is 1. The van der Waals surface area contributed by atoms with Crippen LogP contribution in [0.4, 0.5) is 0 Å². The zero-order valence-corrected chi connectivity index (χ0v) is 15.1. The standard InChI is InChI=1S/C18H29NOSi/c1-18(2,3)21(4,5)17-14-19(12-11-16(17)20)13-15-9-7-6-8-10-15/h6-10,17H,11-14H2,1-5H3/t17-/m1/s1. The second-order valence-electron chi connectivity index (χ2n) is 7.96. The fourth-order valence-corrected chi connectivity index (χ4v) is 5.74. The molecule has 0 spiro atoms. The zero-order valence-electron chi connectivity index (χ0n) is 14.1. The predicted octanol–water partition coefficient (Wildman–Crippen LogP) is 4.34. The van der Waals surface area contributed by atoms with E-state index in [2.05, 4.69) is 69.1 Å². The van der Waals surface area contributed by atoms with Crippen molar-refractivity contribution in [1.82, 2.24) is 4.90 Å². The van der Waals surface area contributed by atoms with Crippen LogP contribution in [0.25, 0.3) is 0 Å². The SMILES string of the molecule is CC(C)(C)[Si](C)(C)[C@@H]1CN(Cc2ccccc2)CCC1=O. The van der Waals surface area contributed by atoms with Gasteiger partial charge in [-0.3, -0.25) is 9.69 Å². The van der Waals surface area contributed by atoms with Crippen LogP contribution in [0.5, 0.6) is 0 Å². The molecule has 0 amide bonds. The number of carbonyl (C=O) groups is 1. The van der Waals surface area contributed by atoms with Crippen LogP contribution in [-0.2, 0) is 11.3 Å². The lowest BCUT2D eigenvalue weighted by molar-refractivity contribution is -0.121. The molecule has 1 fully saturated rings. The number of Topliss-reactive ketones (excluding diaryl/α,β-unsaturated/α-hetero) is 1. The third-order valence-corrected chi connectivity index (χ3v) is 11.7. The van der Waals surface area contributed by atoms with Gasteiger partial charge in [0, 0.05) is 31.6 Å². The van der Waals surface area contributed by atoms with E-state index in [4.69, 9.17) is 0 Å². The van der Waals surface area contributed by atoms with Gasteiger partial charge in [0.05, 0.1) is 8.07 Å². The van der Waals surface area contributed by atoms with Gasteiger partial charge in [-0.05, 0) is 10.6 Å². The molecular weight excluding hydrogens is 274 g/mol. The number of likely N-dealkylation sites (tertiary alicyclic amines) is 1. The topological polar surface area (TPSA) is 20.3 Å². The number of carbonyl (C=O) groups excluding carboxylic acids is 1. The molecule has 1 aromatic carbocycles. The highest BCUT2D eigenvalue weighted by Gasteiger charge is 2.47. The minimum absolute atomic E-state index is 0.267. The summed E-state index contributed by atoms with van der Waals surface area (Å²) >= 11 is 0. The Morgan fingerprint density at radius 1 is 1.19 bits per heavy atom. The van der Waals surface area contributed by atoms with Crippen LogP contribution in [0.1, 0.15) is 32.8 Å². The highest BCUT2D eigenvalue weighted by atomic mass is 28.3. The van der Waals surface area contributed by atoms with E-state index in [1.54, 1.807) is 0 Å². The van der Waals surface area contributed by atoms with Gasteiger partial charge in [-0.1, -0.05) is 64.2 Å². The normalized spacial score (nSPS) is 21.6. The molecule has 1 saturated heterocycles. The van der Waals surface area contributed by atoms with E-state index in [0.29, 0.717) is 5.78 Å². The van der Waals surface area contributed by atoms with Crippen LogP contribution in [0.2, 0.25) is 23.7 Å². The lowest BCUT2D eigenvalue weighted by atomic mass is 10.1. The molecule has 0 N–H and O–H groups in total. The minimum atomic E-state index is -1.62. The number of ketones is 1. The molecule has 0 aliphatic carbocycles. The first kappa shape index (κ1) is 16.4. The summed E-state index contributed by atoms with van der Waals surface area (Å²) in [6.45, 7) is 14.5. The Labute approximate surface area is 130 Å². The smallest absolute Gasteiger partial charge is 0.135 e. The first-order valence-corrected chi connectivity index (χ1v) is 11.1. The maximum absolute atomic E-state index is 12.5. The van der Waals surface area contributed by atoms with Crippen molar-refractivity contribution in [1.29, 1.82) is 0 Å². The molecule has 1 heterocycles. The third kappa shape index (κ3) is 3.64. The summed E-state index contributed by atoms with van der Waals surface area (Å²) in [5, 5.41) is 0.267. The Morgan fingerprint density at radius 3 is 2.38 bits per heavy atom. The van der Waals surface area contributed by atoms with Gasteiger partial charge in [0.25, 0.3) is 0 Å². The van der Waals surface area contributed by atoms with Crippen molar-refractivity contribution in [2.24, 2.45) is 0 Å². The molecular formula is C18H29NOSi. The van der Waals surface area contributed by atoms with E-state index < -0.39 is 8.07 Å². The van der Waals surface area contributed by atoms with Gasteiger partial charge in [0.15, 0.2) is 0 Å². The van der Waals surface area contributed by atoms with Gasteiger partial charge in [0.1, 0.15) is 5.78 Å². The van der Waals surface area contributed by atoms with Gasteiger partial charge < -0.3 is 0 Å². The fourth-order valence-electron chi connectivity index (χ4n) is 3.03. The van der Waals surface area contributed by atoms with Gasteiger partial charge in [-0.15, -0.1) is 0 Å². The van der Waals surface area contributed by atoms with Crippen molar-refractivity contribution in [3.05, 3.63) is 35.9 Å². The first-order chi connectivity index (χ1) is 9.72. The highest BCUT2D eigenvalue weighted by molar-refractivity contribution is 6.84. The molecule has 0 aromatic heterocycles. The van der Waals surface area contributed by atoms with Crippen LogP contribution in [0.3, 0.4) is 0 Å². The fraction of sp³-hybridized carbons (Fsp3) is 0.611. The second kappa shape index (κ2) is 6.05. The van der Waals surface area contributed by atoms with Crippen molar-refractivity contribution in [3.8, 4) is 0 Å². The largest absolute Gasteiger partial charge is 0.300 e. The van der Waals surface area contributed by atoms with Crippen molar-refractivity contribution >= 4 is 13.9 Å². The predicted molar refractivity (Wildman–Crippen MR) is 92.3 cm³/mol. The summed E-state index contributed by atoms with van der Waals surface area (Å²) in [4.78, 5) is 15.0. The highest BCUT2D eigenvalue weighted by Crippen LogP contribution is 2.45. The summed E-state index contributed by atoms with van der Waals surface area (Å²) in [7, 11) is -1.62. The molecule has 1 aliphatic heterocycles. The molecule has 116 valence electrons. The molecule has 0 radical (unpaired) electrons. The maximum Gasteiger partial charge on any atom is 0.135 e. The van der Waals surface area contributed by atoms with Gasteiger partial charge >= 0.3 is 0 Å². The van der Waals surface area contributed by atoms with E-state index in [1.165, 1.54) is 5.56 Å². The lowest BCUT2D eigenvalue weighted by Gasteiger charge is -2.46. The third-order valence-electron chi connectivity index (χ3n) is 5.56.